The molecule has 1 amide bonds. The maximum Gasteiger partial charge on any atom is 0.326 e. The second-order valence-electron chi connectivity index (χ2n) is 3.74. The normalized spacial score (nSPS) is 20.1. The number of carboxylic acids is 1. The quantitative estimate of drug-likeness (QED) is 0.812. The molecule has 0 radical (unpaired) electrons. The minimum Gasteiger partial charge on any atom is -0.480 e. The Bertz CT molecular complexity index is 405. The summed E-state index contributed by atoms with van der Waals surface area (Å²) >= 11 is 0. The van der Waals surface area contributed by atoms with Gasteiger partial charge >= 0.3 is 5.97 Å². The molecule has 1 saturated heterocycles. The predicted molar refractivity (Wildman–Crippen MR) is 55.4 cm³/mol. The van der Waals surface area contributed by atoms with Gasteiger partial charge in [-0.3, -0.25) is 9.78 Å². The van der Waals surface area contributed by atoms with Gasteiger partial charge in [-0.15, -0.1) is 0 Å². The van der Waals surface area contributed by atoms with Crippen molar-refractivity contribution in [1.29, 1.82) is 0 Å². The molecular weight excluding hydrogens is 208 g/mol. The number of hydrogen-bond donors (Lipinski definition) is 1. The third-order valence-corrected chi connectivity index (χ3v) is 2.67. The minimum atomic E-state index is -0.943. The van der Waals surface area contributed by atoms with Crippen LogP contribution < -0.4 is 0 Å². The number of likely N-dealkylation sites (tertiary alicyclic amines) is 1. The molecule has 0 spiro atoms. The Morgan fingerprint density at radius 2 is 2.38 bits per heavy atom. The molecule has 0 aliphatic carbocycles. The van der Waals surface area contributed by atoms with Crippen molar-refractivity contribution < 1.29 is 14.7 Å². The van der Waals surface area contributed by atoms with Gasteiger partial charge in [0.05, 0.1) is 12.2 Å². The van der Waals surface area contributed by atoms with Crippen molar-refractivity contribution in [2.75, 3.05) is 0 Å². The van der Waals surface area contributed by atoms with Crippen LogP contribution in [0.4, 0.5) is 0 Å². The standard InChI is InChI=1S/C11H12N2O3/c14-10-5-4-9(11(15)16)13(10)7-8-3-1-2-6-12-8/h1-3,6,9H,4-5,7H2,(H,15,16). The zero-order valence-electron chi connectivity index (χ0n) is 8.67. The summed E-state index contributed by atoms with van der Waals surface area (Å²) < 4.78 is 0. The molecule has 2 rings (SSSR count). The predicted octanol–water partition coefficient (Wildman–Crippen LogP) is 0.657. The average molecular weight is 220 g/mol. The van der Waals surface area contributed by atoms with Gasteiger partial charge < -0.3 is 10.0 Å². The van der Waals surface area contributed by atoms with Gasteiger partial charge in [0, 0.05) is 12.6 Å². The number of carbonyl (C=O) groups excluding carboxylic acids is 1. The number of hydrogen-bond acceptors (Lipinski definition) is 3. The van der Waals surface area contributed by atoms with Gasteiger partial charge in [-0.1, -0.05) is 6.07 Å². The number of carboxylic acid groups (broad SMARTS) is 1. The van der Waals surface area contributed by atoms with Crippen LogP contribution in [0.5, 0.6) is 0 Å². The first-order valence-electron chi connectivity index (χ1n) is 5.10. The Morgan fingerprint density at radius 3 is 3.00 bits per heavy atom. The molecule has 5 nitrogen and oxygen atoms in total. The second kappa shape index (κ2) is 4.30. The van der Waals surface area contributed by atoms with E-state index in [-0.39, 0.29) is 12.5 Å². The first kappa shape index (κ1) is 10.6. The molecule has 0 saturated carbocycles. The van der Waals surface area contributed by atoms with Crippen molar-refractivity contribution in [2.24, 2.45) is 0 Å². The molecule has 1 aliphatic rings. The lowest BCUT2D eigenvalue weighted by molar-refractivity contribution is -0.146. The van der Waals surface area contributed by atoms with Crippen LogP contribution in [-0.2, 0) is 16.1 Å². The van der Waals surface area contributed by atoms with Crippen LogP contribution in [0.2, 0.25) is 0 Å². The summed E-state index contributed by atoms with van der Waals surface area (Å²) in [6.45, 7) is 0.274. The van der Waals surface area contributed by atoms with Crippen LogP contribution >= 0.6 is 0 Å². The maximum absolute atomic E-state index is 11.5. The van der Waals surface area contributed by atoms with Gasteiger partial charge in [-0.2, -0.15) is 0 Å². The van der Waals surface area contributed by atoms with Crippen LogP contribution in [0.1, 0.15) is 18.5 Å². The summed E-state index contributed by atoms with van der Waals surface area (Å²) in [6.07, 6.45) is 2.33. The van der Waals surface area contributed by atoms with Gasteiger partial charge in [0.15, 0.2) is 0 Å². The van der Waals surface area contributed by atoms with E-state index in [1.54, 1.807) is 18.3 Å². The molecule has 1 N–H and O–H groups in total. The minimum absolute atomic E-state index is 0.113. The van der Waals surface area contributed by atoms with Gasteiger partial charge in [0.25, 0.3) is 0 Å². The molecule has 0 aromatic carbocycles. The summed E-state index contributed by atoms with van der Waals surface area (Å²) in [5.41, 5.74) is 0.712. The highest BCUT2D eigenvalue weighted by Gasteiger charge is 2.35. The van der Waals surface area contributed by atoms with E-state index in [1.807, 2.05) is 6.07 Å². The molecule has 1 aliphatic heterocycles. The fourth-order valence-corrected chi connectivity index (χ4v) is 1.85. The van der Waals surface area contributed by atoms with Crippen molar-refractivity contribution in [2.45, 2.75) is 25.4 Å². The van der Waals surface area contributed by atoms with Gasteiger partial charge in [-0.05, 0) is 18.6 Å². The Kier molecular flexibility index (Phi) is 2.85. The molecule has 1 unspecified atom stereocenters. The molecule has 84 valence electrons. The number of aromatic nitrogens is 1. The number of rotatable bonds is 3. The number of pyridine rings is 1. The van der Waals surface area contributed by atoms with Gasteiger partial charge in [0.2, 0.25) is 5.91 Å². The molecule has 0 bridgehead atoms. The molecular formula is C11H12N2O3. The van der Waals surface area contributed by atoms with E-state index < -0.39 is 12.0 Å². The van der Waals surface area contributed by atoms with Crippen molar-refractivity contribution in [3.05, 3.63) is 30.1 Å². The molecule has 5 heteroatoms. The lowest BCUT2D eigenvalue weighted by Gasteiger charge is -2.20. The van der Waals surface area contributed by atoms with Crippen molar-refractivity contribution in [3.63, 3.8) is 0 Å². The average Bonchev–Trinajstić information content (AvgIpc) is 2.62. The van der Waals surface area contributed by atoms with Crippen LogP contribution in [-0.4, -0.2) is 32.9 Å². The second-order valence-corrected chi connectivity index (χ2v) is 3.74. The summed E-state index contributed by atoms with van der Waals surface area (Å²) in [5, 5.41) is 8.97. The zero-order chi connectivity index (χ0) is 11.5. The molecule has 1 aromatic rings. The molecule has 1 atom stereocenters. The van der Waals surface area contributed by atoms with E-state index in [9.17, 15) is 9.59 Å². The monoisotopic (exact) mass is 220 g/mol. The summed E-state index contributed by atoms with van der Waals surface area (Å²) in [4.78, 5) is 27.9. The highest BCUT2D eigenvalue weighted by atomic mass is 16.4. The maximum atomic E-state index is 11.5. The molecule has 1 fully saturated rings. The number of aliphatic carboxylic acids is 1. The van der Waals surface area contributed by atoms with Crippen molar-refractivity contribution in [1.82, 2.24) is 9.88 Å². The lowest BCUT2D eigenvalue weighted by Crippen LogP contribution is -2.38. The van der Waals surface area contributed by atoms with Crippen molar-refractivity contribution in [3.8, 4) is 0 Å². The number of carbonyl (C=O) groups is 2. The van der Waals surface area contributed by atoms with E-state index in [0.717, 1.165) is 0 Å². The van der Waals surface area contributed by atoms with Gasteiger partial charge in [0.1, 0.15) is 6.04 Å². The summed E-state index contributed by atoms with van der Waals surface area (Å²) in [7, 11) is 0. The number of nitrogens with zero attached hydrogens (tertiary/aromatic N) is 2. The van der Waals surface area contributed by atoms with Crippen molar-refractivity contribution >= 4 is 11.9 Å². The molecule has 16 heavy (non-hydrogen) atoms. The third kappa shape index (κ3) is 2.03. The Hall–Kier alpha value is -1.91. The fraction of sp³-hybridized carbons (Fsp3) is 0.364. The van der Waals surface area contributed by atoms with E-state index in [0.29, 0.717) is 18.5 Å². The smallest absolute Gasteiger partial charge is 0.326 e. The van der Waals surface area contributed by atoms with Crippen LogP contribution in [0.25, 0.3) is 0 Å². The van der Waals surface area contributed by atoms with E-state index >= 15 is 0 Å². The molecule has 1 aromatic heterocycles. The highest BCUT2D eigenvalue weighted by Crippen LogP contribution is 2.20. The Labute approximate surface area is 92.7 Å². The highest BCUT2D eigenvalue weighted by molar-refractivity contribution is 5.87. The van der Waals surface area contributed by atoms with E-state index in [1.165, 1.54) is 4.90 Å². The summed E-state index contributed by atoms with van der Waals surface area (Å²) in [5.74, 6) is -1.06. The van der Waals surface area contributed by atoms with E-state index in [4.69, 9.17) is 5.11 Å². The van der Waals surface area contributed by atoms with Crippen LogP contribution in [0, 0.1) is 0 Å². The third-order valence-electron chi connectivity index (χ3n) is 2.67. The SMILES string of the molecule is O=C(O)C1CCC(=O)N1Cc1ccccn1. The van der Waals surface area contributed by atoms with Crippen LogP contribution in [0.15, 0.2) is 24.4 Å². The number of amides is 1. The first-order valence-corrected chi connectivity index (χ1v) is 5.10. The Balaban J connectivity index is 2.13. The fourth-order valence-electron chi connectivity index (χ4n) is 1.85. The summed E-state index contributed by atoms with van der Waals surface area (Å²) in [6, 6.07) is 4.68. The van der Waals surface area contributed by atoms with Crippen LogP contribution in [0.3, 0.4) is 0 Å². The Morgan fingerprint density at radius 1 is 1.56 bits per heavy atom. The lowest BCUT2D eigenvalue weighted by atomic mass is 10.2. The zero-order valence-corrected chi connectivity index (χ0v) is 8.67. The van der Waals surface area contributed by atoms with Gasteiger partial charge in [-0.25, -0.2) is 4.79 Å². The largest absolute Gasteiger partial charge is 0.480 e. The molecule has 2 heterocycles. The topological polar surface area (TPSA) is 70.5 Å². The van der Waals surface area contributed by atoms with E-state index in [2.05, 4.69) is 4.98 Å². The first-order chi connectivity index (χ1) is 7.68.